The molecule has 0 saturated carbocycles. The molecule has 1 atom stereocenters. The van der Waals surface area contributed by atoms with Gasteiger partial charge in [-0.15, -0.1) is 0 Å². The number of carbonyl (C=O) groups excluding carboxylic acids is 2. The monoisotopic (exact) mass is 654 g/mol. The molecular weight excluding hydrogens is 605 g/mol. The highest BCUT2D eigenvalue weighted by Gasteiger charge is 2.42. The first kappa shape index (κ1) is 37.6. The fourth-order valence-electron chi connectivity index (χ4n) is 5.26. The molecule has 3 rings (SSSR count). The predicted octanol–water partition coefficient (Wildman–Crippen LogP) is 11.5. The lowest BCUT2D eigenvalue weighted by Gasteiger charge is -2.21. The lowest BCUT2D eigenvalue weighted by atomic mass is 10.0. The summed E-state index contributed by atoms with van der Waals surface area (Å²) in [4.78, 5) is 25.4. The largest absolute Gasteiger partial charge is 0.494 e. The lowest BCUT2D eigenvalue weighted by Crippen LogP contribution is -2.33. The van der Waals surface area contributed by atoms with Gasteiger partial charge in [-0.1, -0.05) is 102 Å². The first-order chi connectivity index (χ1) is 22.6. The minimum Gasteiger partial charge on any atom is -0.494 e. The van der Waals surface area contributed by atoms with Crippen LogP contribution < -0.4 is 9.47 Å². The van der Waals surface area contributed by atoms with Gasteiger partial charge in [-0.3, -0.25) is 0 Å². The minimum absolute atomic E-state index is 0.0426. The van der Waals surface area contributed by atoms with Crippen LogP contribution in [0.5, 0.6) is 11.5 Å². The van der Waals surface area contributed by atoms with Crippen LogP contribution in [0.2, 0.25) is 0 Å². The van der Waals surface area contributed by atoms with Crippen molar-refractivity contribution < 1.29 is 37.0 Å². The van der Waals surface area contributed by atoms with E-state index in [9.17, 15) is 22.8 Å². The smallest absolute Gasteiger partial charge is 0.425 e. The number of aryl methyl sites for hydroxylation is 1. The highest BCUT2D eigenvalue weighted by atomic mass is 19.4. The molecule has 0 amide bonds. The molecule has 47 heavy (non-hydrogen) atoms. The van der Waals surface area contributed by atoms with E-state index in [0.29, 0.717) is 30.6 Å². The third-order valence-corrected chi connectivity index (χ3v) is 8.12. The fourth-order valence-corrected chi connectivity index (χ4v) is 5.26. The lowest BCUT2D eigenvalue weighted by molar-refractivity contribution is -0.206. The molecule has 0 aromatic heterocycles. The maximum absolute atomic E-state index is 13.5. The second-order valence-electron chi connectivity index (χ2n) is 12.1. The molecule has 0 aliphatic carbocycles. The van der Waals surface area contributed by atoms with Crippen LogP contribution in [0.1, 0.15) is 124 Å². The summed E-state index contributed by atoms with van der Waals surface area (Å²) in [6.45, 7) is 6.51. The summed E-state index contributed by atoms with van der Waals surface area (Å²) >= 11 is 0. The number of rotatable bonds is 20. The van der Waals surface area contributed by atoms with Crippen LogP contribution >= 0.6 is 0 Å². The Morgan fingerprint density at radius 3 is 1.77 bits per heavy atom. The van der Waals surface area contributed by atoms with Crippen LogP contribution in [0.3, 0.4) is 0 Å². The van der Waals surface area contributed by atoms with Gasteiger partial charge in [0.05, 0.1) is 17.7 Å². The second-order valence-corrected chi connectivity index (χ2v) is 12.1. The normalized spacial score (nSPS) is 12.0. The summed E-state index contributed by atoms with van der Waals surface area (Å²) in [5, 5.41) is 0. The summed E-state index contributed by atoms with van der Waals surface area (Å²) in [6.07, 6.45) is 5.64. The average molecular weight is 655 g/mol. The van der Waals surface area contributed by atoms with E-state index in [1.165, 1.54) is 63.1 Å². The molecule has 0 aliphatic rings. The zero-order valence-electron chi connectivity index (χ0n) is 28.0. The van der Waals surface area contributed by atoms with Crippen molar-refractivity contribution in [3.8, 4) is 22.6 Å². The summed E-state index contributed by atoms with van der Waals surface area (Å²) < 4.78 is 56.6. The van der Waals surface area contributed by atoms with Crippen LogP contribution in [-0.4, -0.2) is 30.8 Å². The second kappa shape index (κ2) is 19.8. The van der Waals surface area contributed by atoms with E-state index in [1.54, 1.807) is 19.1 Å². The number of unbranched alkanes of at least 4 members (excludes halogenated alkanes) is 10. The van der Waals surface area contributed by atoms with Crippen molar-refractivity contribution in [3.63, 3.8) is 0 Å². The van der Waals surface area contributed by atoms with Crippen molar-refractivity contribution in [1.82, 2.24) is 0 Å². The van der Waals surface area contributed by atoms with E-state index in [1.807, 2.05) is 43.3 Å². The number of ether oxygens (including phenoxy) is 3. The molecule has 5 nitrogen and oxygen atoms in total. The van der Waals surface area contributed by atoms with E-state index in [-0.39, 0.29) is 17.7 Å². The maximum Gasteiger partial charge on any atom is 0.425 e. The molecule has 0 saturated heterocycles. The van der Waals surface area contributed by atoms with Gasteiger partial charge in [-0.2, -0.15) is 13.2 Å². The first-order valence-electron chi connectivity index (χ1n) is 17.1. The molecule has 0 aliphatic heterocycles. The van der Waals surface area contributed by atoms with Gasteiger partial charge >= 0.3 is 18.1 Å². The van der Waals surface area contributed by atoms with Crippen molar-refractivity contribution in [2.75, 3.05) is 6.61 Å². The zero-order valence-corrected chi connectivity index (χ0v) is 28.0. The van der Waals surface area contributed by atoms with Gasteiger partial charge in [0, 0.05) is 0 Å². The Kier molecular flexibility index (Phi) is 15.8. The van der Waals surface area contributed by atoms with Crippen LogP contribution in [0.4, 0.5) is 13.2 Å². The fraction of sp³-hybridized carbons (Fsp3) is 0.487. The molecule has 0 fully saturated rings. The zero-order chi connectivity index (χ0) is 34.1. The van der Waals surface area contributed by atoms with Gasteiger partial charge in [0.15, 0.2) is 6.10 Å². The van der Waals surface area contributed by atoms with Crippen LogP contribution in [-0.2, 0) is 4.74 Å². The molecule has 0 unspecified atom stereocenters. The molecule has 8 heteroatoms. The van der Waals surface area contributed by atoms with Gasteiger partial charge in [-0.25, -0.2) is 9.59 Å². The number of benzene rings is 3. The standard InChI is InChI=1S/C39H49F3O5/c1-4-6-8-10-11-12-13-15-27-45-34-24-21-31(22-25-34)30-17-19-32(20-18-30)37(43)46-35-26-23-33(28-29(35)3)38(44)47-36(39(40,41)42)16-14-9-7-5-2/h17-26,28,36H,4-16,27H2,1-3H3/t36-/m1/s1. The Morgan fingerprint density at radius 1 is 0.660 bits per heavy atom. The predicted molar refractivity (Wildman–Crippen MR) is 180 cm³/mol. The van der Waals surface area contributed by atoms with Crippen molar-refractivity contribution in [3.05, 3.63) is 83.4 Å². The number of hydrogen-bond donors (Lipinski definition) is 0. The van der Waals surface area contributed by atoms with Gasteiger partial charge in [0.1, 0.15) is 11.5 Å². The SMILES string of the molecule is CCCCCCCCCCOc1ccc(-c2ccc(C(=O)Oc3ccc(C(=O)O[C@H](CCCCCC)C(F)(F)F)cc3C)cc2)cc1. The molecule has 0 spiro atoms. The van der Waals surface area contributed by atoms with Crippen molar-refractivity contribution in [1.29, 1.82) is 0 Å². The third kappa shape index (κ3) is 13.1. The van der Waals surface area contributed by atoms with Gasteiger partial charge in [-0.05, 0) is 85.3 Å². The van der Waals surface area contributed by atoms with E-state index in [4.69, 9.17) is 14.2 Å². The van der Waals surface area contributed by atoms with E-state index in [2.05, 4.69) is 6.92 Å². The Labute approximate surface area is 277 Å². The molecular formula is C39H49F3O5. The molecule has 0 bridgehead atoms. The molecule has 3 aromatic rings. The number of alkyl halides is 3. The number of hydrogen-bond acceptors (Lipinski definition) is 5. The molecule has 3 aromatic carbocycles. The van der Waals surface area contributed by atoms with E-state index >= 15 is 0 Å². The Bertz CT molecular complexity index is 1370. The Balaban J connectivity index is 1.49. The third-order valence-electron chi connectivity index (χ3n) is 8.12. The molecule has 256 valence electrons. The van der Waals surface area contributed by atoms with Crippen molar-refractivity contribution >= 4 is 11.9 Å². The highest BCUT2D eigenvalue weighted by molar-refractivity contribution is 5.93. The summed E-state index contributed by atoms with van der Waals surface area (Å²) in [5.74, 6) is -0.634. The molecule has 0 N–H and O–H groups in total. The van der Waals surface area contributed by atoms with Crippen molar-refractivity contribution in [2.45, 2.75) is 117 Å². The van der Waals surface area contributed by atoms with Crippen LogP contribution in [0, 0.1) is 6.92 Å². The first-order valence-corrected chi connectivity index (χ1v) is 17.1. The number of halogens is 3. The maximum atomic E-state index is 13.5. The summed E-state index contributed by atoms with van der Waals surface area (Å²) in [6, 6.07) is 18.9. The van der Waals surface area contributed by atoms with Crippen LogP contribution in [0.25, 0.3) is 11.1 Å². The summed E-state index contributed by atoms with van der Waals surface area (Å²) in [5.41, 5.74) is 2.62. The van der Waals surface area contributed by atoms with Gasteiger partial charge < -0.3 is 14.2 Å². The van der Waals surface area contributed by atoms with Gasteiger partial charge in [0.2, 0.25) is 0 Å². The van der Waals surface area contributed by atoms with Crippen LogP contribution in [0.15, 0.2) is 66.7 Å². The summed E-state index contributed by atoms with van der Waals surface area (Å²) in [7, 11) is 0. The minimum atomic E-state index is -4.65. The van der Waals surface area contributed by atoms with Crippen molar-refractivity contribution in [2.24, 2.45) is 0 Å². The number of carbonyl (C=O) groups is 2. The van der Waals surface area contributed by atoms with Gasteiger partial charge in [0.25, 0.3) is 0 Å². The molecule has 0 radical (unpaired) electrons. The Morgan fingerprint density at radius 2 is 1.19 bits per heavy atom. The average Bonchev–Trinajstić information content (AvgIpc) is 3.06. The van der Waals surface area contributed by atoms with E-state index < -0.39 is 24.2 Å². The highest BCUT2D eigenvalue weighted by Crippen LogP contribution is 2.29. The topological polar surface area (TPSA) is 61.8 Å². The molecule has 0 heterocycles. The quantitative estimate of drug-likeness (QED) is 0.0689. The van der Waals surface area contributed by atoms with E-state index in [0.717, 1.165) is 36.1 Å². The Hall–Kier alpha value is -3.81. The number of esters is 2.